The van der Waals surface area contributed by atoms with Crippen LogP contribution in [0.15, 0.2) is 24.3 Å². The van der Waals surface area contributed by atoms with Crippen molar-refractivity contribution in [3.8, 4) is 0 Å². The molecule has 6 nitrogen and oxygen atoms in total. The number of aliphatic carboxylic acids is 1. The maximum absolute atomic E-state index is 13.5. The number of amides is 1. The molecule has 2 heterocycles. The van der Waals surface area contributed by atoms with Crippen molar-refractivity contribution in [3.63, 3.8) is 0 Å². The molecule has 1 aromatic carbocycles. The largest absolute Gasteiger partial charge is 0.480 e. The predicted molar refractivity (Wildman–Crippen MR) is 82.8 cm³/mol. The standard InChI is InChI=1S/C16H20FN3O3/c1-18-8-14(21)20(13-4-2-3-12(17)7-13)11-16(18)5-6-19(10-16)9-15(22)23/h2-4,7H,5-6,8-11H2,1H3,(H,22,23)/t16-/m1/s1. The molecule has 2 aliphatic heterocycles. The average molecular weight is 321 g/mol. The van der Waals surface area contributed by atoms with Gasteiger partial charge >= 0.3 is 5.97 Å². The summed E-state index contributed by atoms with van der Waals surface area (Å²) in [4.78, 5) is 28.8. The van der Waals surface area contributed by atoms with Gasteiger partial charge < -0.3 is 10.0 Å². The van der Waals surface area contributed by atoms with Gasteiger partial charge in [-0.1, -0.05) is 6.07 Å². The van der Waals surface area contributed by atoms with E-state index >= 15 is 0 Å². The maximum atomic E-state index is 13.5. The van der Waals surface area contributed by atoms with Crippen molar-refractivity contribution in [3.05, 3.63) is 30.1 Å². The van der Waals surface area contributed by atoms with Crippen LogP contribution < -0.4 is 4.90 Å². The van der Waals surface area contributed by atoms with Gasteiger partial charge in [0.25, 0.3) is 0 Å². The zero-order valence-corrected chi connectivity index (χ0v) is 13.0. The summed E-state index contributed by atoms with van der Waals surface area (Å²) in [6.45, 7) is 1.97. The monoisotopic (exact) mass is 321 g/mol. The van der Waals surface area contributed by atoms with Crippen LogP contribution in [0, 0.1) is 5.82 Å². The van der Waals surface area contributed by atoms with Crippen LogP contribution >= 0.6 is 0 Å². The number of anilines is 1. The first-order chi connectivity index (χ1) is 10.9. The molecule has 1 aromatic rings. The molecule has 0 aliphatic carbocycles. The van der Waals surface area contributed by atoms with Gasteiger partial charge in [-0.2, -0.15) is 0 Å². The molecule has 0 unspecified atom stereocenters. The van der Waals surface area contributed by atoms with Gasteiger partial charge in [0, 0.05) is 25.3 Å². The van der Waals surface area contributed by atoms with E-state index in [9.17, 15) is 14.0 Å². The Kier molecular flexibility index (Phi) is 4.08. The van der Waals surface area contributed by atoms with Crippen molar-refractivity contribution in [2.45, 2.75) is 12.0 Å². The molecule has 0 bridgehead atoms. The summed E-state index contributed by atoms with van der Waals surface area (Å²) in [7, 11) is 1.89. The second-order valence-electron chi connectivity index (χ2n) is 6.39. The molecule has 1 amide bonds. The predicted octanol–water partition coefficient (Wildman–Crippen LogP) is 0.633. The van der Waals surface area contributed by atoms with Gasteiger partial charge in [0.2, 0.25) is 5.91 Å². The van der Waals surface area contributed by atoms with Crippen LogP contribution in [0.2, 0.25) is 0 Å². The molecular formula is C16H20FN3O3. The fraction of sp³-hybridized carbons (Fsp3) is 0.500. The van der Waals surface area contributed by atoms with Crippen LogP contribution in [0.5, 0.6) is 0 Å². The van der Waals surface area contributed by atoms with Crippen molar-refractivity contribution in [2.75, 3.05) is 44.7 Å². The lowest BCUT2D eigenvalue weighted by atomic mass is 9.92. The van der Waals surface area contributed by atoms with E-state index in [1.807, 2.05) is 16.8 Å². The summed E-state index contributed by atoms with van der Waals surface area (Å²) in [5.41, 5.74) is 0.273. The number of rotatable bonds is 3. The molecule has 2 saturated heterocycles. The quantitative estimate of drug-likeness (QED) is 0.885. The minimum atomic E-state index is -0.849. The molecule has 1 atom stereocenters. The molecule has 7 heteroatoms. The van der Waals surface area contributed by atoms with E-state index in [0.717, 1.165) is 6.42 Å². The number of benzene rings is 1. The maximum Gasteiger partial charge on any atom is 0.317 e. The lowest BCUT2D eigenvalue weighted by Crippen LogP contribution is -2.64. The van der Waals surface area contributed by atoms with E-state index in [0.29, 0.717) is 25.3 Å². The highest BCUT2D eigenvalue weighted by atomic mass is 19.1. The lowest BCUT2D eigenvalue weighted by Gasteiger charge is -2.47. The van der Waals surface area contributed by atoms with E-state index in [-0.39, 0.29) is 30.4 Å². The van der Waals surface area contributed by atoms with Crippen molar-refractivity contribution in [1.29, 1.82) is 0 Å². The Labute approximate surface area is 134 Å². The van der Waals surface area contributed by atoms with E-state index in [1.165, 1.54) is 12.1 Å². The number of halogens is 1. The van der Waals surface area contributed by atoms with E-state index < -0.39 is 5.97 Å². The van der Waals surface area contributed by atoms with Gasteiger partial charge in [-0.15, -0.1) is 0 Å². The second kappa shape index (κ2) is 5.90. The highest BCUT2D eigenvalue weighted by Gasteiger charge is 2.47. The van der Waals surface area contributed by atoms with Crippen LogP contribution in [0.25, 0.3) is 0 Å². The molecule has 0 radical (unpaired) electrons. The number of carbonyl (C=O) groups excluding carboxylic acids is 1. The SMILES string of the molecule is CN1CC(=O)N(c2cccc(F)c2)C[C@]12CCN(CC(=O)O)C2. The summed E-state index contributed by atoms with van der Waals surface area (Å²) in [5.74, 6) is -1.29. The Hall–Kier alpha value is -1.99. The molecule has 2 aliphatic rings. The zero-order chi connectivity index (χ0) is 16.6. The Balaban J connectivity index is 1.82. The average Bonchev–Trinajstić information content (AvgIpc) is 2.86. The molecule has 124 valence electrons. The van der Waals surface area contributed by atoms with E-state index in [4.69, 9.17) is 5.11 Å². The van der Waals surface area contributed by atoms with Gasteiger partial charge in [-0.25, -0.2) is 4.39 Å². The third-order valence-corrected chi connectivity index (χ3v) is 4.83. The second-order valence-corrected chi connectivity index (χ2v) is 6.39. The highest BCUT2D eigenvalue weighted by Crippen LogP contribution is 2.33. The van der Waals surface area contributed by atoms with Crippen molar-refractivity contribution < 1.29 is 19.1 Å². The van der Waals surface area contributed by atoms with E-state index in [1.54, 1.807) is 17.0 Å². The third-order valence-electron chi connectivity index (χ3n) is 4.83. The smallest absolute Gasteiger partial charge is 0.317 e. The number of carbonyl (C=O) groups is 2. The van der Waals surface area contributed by atoms with Crippen LogP contribution in [0.1, 0.15) is 6.42 Å². The fourth-order valence-corrected chi connectivity index (χ4v) is 3.55. The molecule has 23 heavy (non-hydrogen) atoms. The molecule has 0 aromatic heterocycles. The van der Waals surface area contributed by atoms with Crippen LogP contribution in [0.3, 0.4) is 0 Å². The number of nitrogens with zero attached hydrogens (tertiary/aromatic N) is 3. The van der Waals surface area contributed by atoms with Gasteiger partial charge in [0.05, 0.1) is 18.6 Å². The zero-order valence-electron chi connectivity index (χ0n) is 13.0. The molecule has 3 rings (SSSR count). The first-order valence-electron chi connectivity index (χ1n) is 7.61. The first kappa shape index (κ1) is 15.9. The topological polar surface area (TPSA) is 64.1 Å². The molecule has 1 spiro atoms. The van der Waals surface area contributed by atoms with Crippen LogP contribution in [-0.4, -0.2) is 72.1 Å². The normalized spacial score (nSPS) is 26.2. The Bertz CT molecular complexity index is 639. The minimum Gasteiger partial charge on any atom is -0.480 e. The molecule has 1 N–H and O–H groups in total. The summed E-state index contributed by atoms with van der Waals surface area (Å²) in [6.07, 6.45) is 0.788. The lowest BCUT2D eigenvalue weighted by molar-refractivity contribution is -0.138. The minimum absolute atomic E-state index is 0.00347. The fourth-order valence-electron chi connectivity index (χ4n) is 3.55. The number of carboxylic acids is 1. The number of likely N-dealkylation sites (N-methyl/N-ethyl adjacent to an activating group) is 1. The van der Waals surface area contributed by atoms with Crippen LogP contribution in [0.4, 0.5) is 10.1 Å². The molecule has 0 saturated carbocycles. The van der Waals surface area contributed by atoms with Gasteiger partial charge in [0.15, 0.2) is 0 Å². The number of piperazine rings is 1. The number of likely N-dealkylation sites (tertiary alicyclic amines) is 1. The summed E-state index contributed by atoms with van der Waals surface area (Å²) >= 11 is 0. The van der Waals surface area contributed by atoms with E-state index in [2.05, 4.69) is 0 Å². The summed E-state index contributed by atoms with van der Waals surface area (Å²) < 4.78 is 13.5. The van der Waals surface area contributed by atoms with Crippen molar-refractivity contribution in [2.24, 2.45) is 0 Å². The van der Waals surface area contributed by atoms with Crippen LogP contribution in [-0.2, 0) is 9.59 Å². The Morgan fingerprint density at radius 2 is 2.17 bits per heavy atom. The van der Waals surface area contributed by atoms with Gasteiger partial charge in [-0.05, 0) is 31.7 Å². The highest BCUT2D eigenvalue weighted by molar-refractivity contribution is 5.96. The number of hydrogen-bond donors (Lipinski definition) is 1. The number of hydrogen-bond acceptors (Lipinski definition) is 4. The van der Waals surface area contributed by atoms with Gasteiger partial charge in [0.1, 0.15) is 5.82 Å². The number of carboxylic acid groups (broad SMARTS) is 1. The first-order valence-corrected chi connectivity index (χ1v) is 7.61. The molecule has 2 fully saturated rings. The summed E-state index contributed by atoms with van der Waals surface area (Å²) in [5, 5.41) is 8.97. The third kappa shape index (κ3) is 3.07. The van der Waals surface area contributed by atoms with Crippen molar-refractivity contribution in [1.82, 2.24) is 9.80 Å². The Morgan fingerprint density at radius 1 is 1.39 bits per heavy atom. The van der Waals surface area contributed by atoms with Gasteiger partial charge in [-0.3, -0.25) is 19.4 Å². The Morgan fingerprint density at radius 3 is 2.87 bits per heavy atom. The summed E-state index contributed by atoms with van der Waals surface area (Å²) in [6, 6.07) is 6.03. The molecular weight excluding hydrogens is 301 g/mol. The van der Waals surface area contributed by atoms with Crippen molar-refractivity contribution >= 4 is 17.6 Å².